The molecule has 0 amide bonds. The molecule has 1 heterocycles. The standard InChI is InChI=1S/C11H17N3O3/c1-2-16-10(15)9-6-17-11(14-9)13-8-5-3-4-7(8)12/h6-8H,2-5,12H2,1H3,(H,13,14). The minimum absolute atomic E-state index is 0.118. The average molecular weight is 239 g/mol. The van der Waals surface area contributed by atoms with Crippen molar-refractivity contribution in [1.29, 1.82) is 0 Å². The van der Waals surface area contributed by atoms with Gasteiger partial charge in [0.2, 0.25) is 0 Å². The van der Waals surface area contributed by atoms with Gasteiger partial charge in [0, 0.05) is 12.1 Å². The summed E-state index contributed by atoms with van der Waals surface area (Å²) in [6.45, 7) is 2.07. The van der Waals surface area contributed by atoms with Crippen molar-refractivity contribution in [2.45, 2.75) is 38.3 Å². The maximum Gasteiger partial charge on any atom is 0.360 e. The fraction of sp³-hybridized carbons (Fsp3) is 0.636. The number of oxazole rings is 1. The largest absolute Gasteiger partial charge is 0.461 e. The normalized spacial score (nSPS) is 23.6. The second kappa shape index (κ2) is 5.18. The first kappa shape index (κ1) is 11.9. The summed E-state index contributed by atoms with van der Waals surface area (Å²) in [6, 6.07) is 0.618. The van der Waals surface area contributed by atoms with E-state index in [1.165, 1.54) is 6.26 Å². The maximum atomic E-state index is 11.4. The average Bonchev–Trinajstić information content (AvgIpc) is 2.90. The Labute approximate surface area is 99.5 Å². The number of anilines is 1. The summed E-state index contributed by atoms with van der Waals surface area (Å²) in [4.78, 5) is 15.4. The Morgan fingerprint density at radius 1 is 1.71 bits per heavy atom. The molecule has 94 valence electrons. The van der Waals surface area contributed by atoms with Crippen LogP contribution in [0.2, 0.25) is 0 Å². The van der Waals surface area contributed by atoms with Crippen molar-refractivity contribution in [3.63, 3.8) is 0 Å². The molecule has 0 bridgehead atoms. The van der Waals surface area contributed by atoms with Gasteiger partial charge >= 0.3 is 5.97 Å². The van der Waals surface area contributed by atoms with Crippen molar-refractivity contribution in [2.75, 3.05) is 11.9 Å². The van der Waals surface area contributed by atoms with Gasteiger partial charge in [-0.05, 0) is 26.2 Å². The summed E-state index contributed by atoms with van der Waals surface area (Å²) in [5, 5.41) is 3.10. The van der Waals surface area contributed by atoms with E-state index in [-0.39, 0.29) is 17.8 Å². The van der Waals surface area contributed by atoms with Gasteiger partial charge in [-0.25, -0.2) is 4.79 Å². The van der Waals surface area contributed by atoms with Crippen molar-refractivity contribution in [1.82, 2.24) is 4.98 Å². The van der Waals surface area contributed by atoms with Gasteiger partial charge in [-0.3, -0.25) is 0 Å². The molecule has 17 heavy (non-hydrogen) atoms. The molecule has 0 saturated heterocycles. The van der Waals surface area contributed by atoms with Crippen LogP contribution in [0.1, 0.15) is 36.7 Å². The first-order valence-corrected chi connectivity index (χ1v) is 5.85. The Bertz CT molecular complexity index is 391. The summed E-state index contributed by atoms with van der Waals surface area (Å²) >= 11 is 0. The van der Waals surface area contributed by atoms with E-state index in [1.807, 2.05) is 0 Å². The van der Waals surface area contributed by atoms with E-state index < -0.39 is 5.97 Å². The molecule has 0 aliphatic heterocycles. The SMILES string of the molecule is CCOC(=O)c1coc(NC2CCCC2N)n1. The molecule has 2 rings (SSSR count). The number of aromatic nitrogens is 1. The van der Waals surface area contributed by atoms with E-state index in [0.717, 1.165) is 19.3 Å². The van der Waals surface area contributed by atoms with Crippen molar-refractivity contribution < 1.29 is 13.9 Å². The molecule has 1 fully saturated rings. The zero-order valence-electron chi connectivity index (χ0n) is 9.81. The molecule has 6 nitrogen and oxygen atoms in total. The highest BCUT2D eigenvalue weighted by molar-refractivity contribution is 5.87. The summed E-state index contributed by atoms with van der Waals surface area (Å²) < 4.78 is 9.98. The molecule has 3 N–H and O–H groups in total. The molecule has 1 aromatic heterocycles. The van der Waals surface area contributed by atoms with Crippen LogP contribution in [0.5, 0.6) is 0 Å². The van der Waals surface area contributed by atoms with E-state index in [9.17, 15) is 4.79 Å². The summed E-state index contributed by atoms with van der Waals surface area (Å²) in [5.74, 6) is -0.472. The third-order valence-electron chi connectivity index (χ3n) is 2.87. The zero-order chi connectivity index (χ0) is 12.3. The van der Waals surface area contributed by atoms with E-state index in [1.54, 1.807) is 6.92 Å². The first-order valence-electron chi connectivity index (χ1n) is 5.85. The molecule has 1 aliphatic rings. The molecule has 0 radical (unpaired) electrons. The second-order valence-corrected chi connectivity index (χ2v) is 4.10. The number of ether oxygens (including phenoxy) is 1. The lowest BCUT2D eigenvalue weighted by atomic mass is 10.2. The van der Waals surface area contributed by atoms with Crippen LogP contribution in [0.25, 0.3) is 0 Å². The van der Waals surface area contributed by atoms with Gasteiger partial charge < -0.3 is 20.2 Å². The van der Waals surface area contributed by atoms with Crippen LogP contribution >= 0.6 is 0 Å². The molecular weight excluding hydrogens is 222 g/mol. The quantitative estimate of drug-likeness (QED) is 0.766. The van der Waals surface area contributed by atoms with Crippen LogP contribution in [0.15, 0.2) is 10.7 Å². The molecule has 2 atom stereocenters. The Morgan fingerprint density at radius 3 is 3.18 bits per heavy atom. The van der Waals surface area contributed by atoms with Gasteiger partial charge in [0.1, 0.15) is 6.26 Å². The summed E-state index contributed by atoms with van der Waals surface area (Å²) in [7, 11) is 0. The van der Waals surface area contributed by atoms with Crippen LogP contribution < -0.4 is 11.1 Å². The maximum absolute atomic E-state index is 11.4. The number of rotatable bonds is 4. The summed E-state index contributed by atoms with van der Waals surface area (Å²) in [6.07, 6.45) is 4.40. The van der Waals surface area contributed by atoms with Crippen molar-refractivity contribution in [3.8, 4) is 0 Å². The predicted octanol–water partition coefficient (Wildman–Crippen LogP) is 1.14. The first-order chi connectivity index (χ1) is 8.20. The van der Waals surface area contributed by atoms with Gasteiger partial charge in [0.15, 0.2) is 5.69 Å². The minimum Gasteiger partial charge on any atom is -0.461 e. The smallest absolute Gasteiger partial charge is 0.360 e. The monoisotopic (exact) mass is 239 g/mol. The van der Waals surface area contributed by atoms with Crippen LogP contribution in [-0.4, -0.2) is 29.6 Å². The van der Waals surface area contributed by atoms with Gasteiger partial charge in [0.05, 0.1) is 6.61 Å². The number of carbonyl (C=O) groups excluding carboxylic acids is 1. The van der Waals surface area contributed by atoms with E-state index in [4.69, 9.17) is 14.9 Å². The third kappa shape index (κ3) is 2.76. The number of carbonyl (C=O) groups is 1. The number of hydrogen-bond donors (Lipinski definition) is 2. The Balaban J connectivity index is 1.96. The highest BCUT2D eigenvalue weighted by atomic mass is 16.5. The van der Waals surface area contributed by atoms with Crippen LogP contribution in [0.4, 0.5) is 6.01 Å². The van der Waals surface area contributed by atoms with E-state index in [0.29, 0.717) is 12.6 Å². The van der Waals surface area contributed by atoms with Gasteiger partial charge in [-0.2, -0.15) is 4.98 Å². The number of nitrogens with one attached hydrogen (secondary N) is 1. The number of nitrogens with zero attached hydrogens (tertiary/aromatic N) is 1. The molecule has 2 unspecified atom stereocenters. The van der Waals surface area contributed by atoms with Crippen molar-refractivity contribution in [2.24, 2.45) is 5.73 Å². The van der Waals surface area contributed by atoms with Crippen LogP contribution in [-0.2, 0) is 4.74 Å². The molecule has 1 aromatic rings. The highest BCUT2D eigenvalue weighted by Crippen LogP contribution is 2.21. The molecule has 1 saturated carbocycles. The Morgan fingerprint density at radius 2 is 2.53 bits per heavy atom. The lowest BCUT2D eigenvalue weighted by Gasteiger charge is -2.14. The molecule has 6 heteroatoms. The van der Waals surface area contributed by atoms with E-state index >= 15 is 0 Å². The van der Waals surface area contributed by atoms with Crippen molar-refractivity contribution >= 4 is 12.0 Å². The topological polar surface area (TPSA) is 90.4 Å². The second-order valence-electron chi connectivity index (χ2n) is 4.10. The predicted molar refractivity (Wildman–Crippen MR) is 61.7 cm³/mol. The van der Waals surface area contributed by atoms with Gasteiger partial charge in [-0.15, -0.1) is 0 Å². The Hall–Kier alpha value is -1.56. The van der Waals surface area contributed by atoms with E-state index in [2.05, 4.69) is 10.3 Å². The fourth-order valence-electron chi connectivity index (χ4n) is 1.97. The van der Waals surface area contributed by atoms with Crippen molar-refractivity contribution in [3.05, 3.63) is 12.0 Å². The summed E-state index contributed by atoms with van der Waals surface area (Å²) in [5.41, 5.74) is 6.10. The van der Waals surface area contributed by atoms with Crippen LogP contribution in [0, 0.1) is 0 Å². The number of hydrogen-bond acceptors (Lipinski definition) is 6. The molecule has 0 spiro atoms. The Kier molecular flexibility index (Phi) is 3.63. The van der Waals surface area contributed by atoms with Crippen LogP contribution in [0.3, 0.4) is 0 Å². The van der Waals surface area contributed by atoms with Gasteiger partial charge in [-0.1, -0.05) is 0 Å². The number of nitrogens with two attached hydrogens (primary N) is 1. The molecule has 1 aliphatic carbocycles. The lowest BCUT2D eigenvalue weighted by molar-refractivity contribution is 0.0519. The highest BCUT2D eigenvalue weighted by Gasteiger charge is 2.25. The molecule has 0 aromatic carbocycles. The fourth-order valence-corrected chi connectivity index (χ4v) is 1.97. The van der Waals surface area contributed by atoms with Gasteiger partial charge in [0.25, 0.3) is 6.01 Å². The minimum atomic E-state index is -0.472. The third-order valence-corrected chi connectivity index (χ3v) is 2.87. The lowest BCUT2D eigenvalue weighted by Crippen LogP contribution is -2.35. The molecular formula is C11H17N3O3. The number of esters is 1. The zero-order valence-corrected chi connectivity index (χ0v) is 9.81.